The van der Waals surface area contributed by atoms with E-state index in [1.807, 2.05) is 72.8 Å². The van der Waals surface area contributed by atoms with Crippen molar-refractivity contribution in [2.45, 2.75) is 107 Å². The van der Waals surface area contributed by atoms with E-state index in [1.165, 1.54) is 34.0 Å². The Labute approximate surface area is 596 Å². The average molecular weight is 1490 g/mol. The van der Waals surface area contributed by atoms with Gasteiger partial charge in [0.1, 0.15) is 12.6 Å². The molecule has 6 fully saturated rings. The van der Waals surface area contributed by atoms with Gasteiger partial charge < -0.3 is 59.5 Å². The molecule has 6 aliphatic heterocycles. The van der Waals surface area contributed by atoms with Gasteiger partial charge in [0.25, 0.3) is 30.1 Å². The van der Waals surface area contributed by atoms with Gasteiger partial charge in [-0.15, -0.1) is 34.0 Å². The number of nitrogens with zero attached hydrogens (tertiary/aromatic N) is 9. The van der Waals surface area contributed by atoms with Crippen LogP contribution in [0.1, 0.15) is 58.2 Å². The van der Waals surface area contributed by atoms with Crippen LogP contribution in [0, 0.1) is 0 Å². The number of piperazine rings is 3. The molecule has 6 saturated heterocycles. The highest BCUT2D eigenvalue weighted by Crippen LogP contribution is 2.34. The molecule has 24 nitrogen and oxygen atoms in total. The molecule has 6 aromatic rings. The topological polar surface area (TPSA) is 281 Å². The van der Waals surface area contributed by atoms with E-state index in [0.717, 1.165) is 53.4 Å². The van der Waals surface area contributed by atoms with Crippen LogP contribution in [0.5, 0.6) is 0 Å². The van der Waals surface area contributed by atoms with Gasteiger partial charge >= 0.3 is 0 Å². The maximum Gasteiger partial charge on any atom is 0.252 e. The quantitative estimate of drug-likeness (QED) is 0.0572. The van der Waals surface area contributed by atoms with Crippen LogP contribution in [0.3, 0.4) is 0 Å². The third-order valence-corrected chi connectivity index (χ3v) is 28.7. The molecular weight excluding hydrogens is 1390 g/mol. The van der Waals surface area contributed by atoms with E-state index in [0.29, 0.717) is 131 Å². The third kappa shape index (κ3) is 19.6. The molecule has 0 radical (unpaired) electrons. The second-order valence-corrected chi connectivity index (χ2v) is 36.9. The largest absolute Gasteiger partial charge is 0.394 e. The second kappa shape index (κ2) is 33.5. The zero-order valence-corrected chi connectivity index (χ0v) is 62.3. The van der Waals surface area contributed by atoms with Crippen LogP contribution < -0.4 is 14.7 Å². The van der Waals surface area contributed by atoms with Crippen LogP contribution in [0.4, 0.5) is 17.1 Å². The molecule has 0 amide bonds. The van der Waals surface area contributed by atoms with Crippen molar-refractivity contribution in [3.8, 4) is 0 Å². The lowest BCUT2D eigenvalue weighted by atomic mass is 9.98. The lowest BCUT2D eigenvalue weighted by Crippen LogP contribution is -2.59. The Bertz CT molecular complexity index is 3410. The van der Waals surface area contributed by atoms with Gasteiger partial charge in [-0.1, -0.05) is 54.6 Å². The molecule has 6 N–H and O–H groups in total. The van der Waals surface area contributed by atoms with Gasteiger partial charge in [0.2, 0.25) is 0 Å². The molecule has 30 heteroatoms. The van der Waals surface area contributed by atoms with Crippen molar-refractivity contribution in [1.82, 2.24) is 27.6 Å². The number of aliphatic hydroxyl groups excluding tert-OH is 3. The van der Waals surface area contributed by atoms with E-state index in [9.17, 15) is 55.9 Å². The molecule has 99 heavy (non-hydrogen) atoms. The van der Waals surface area contributed by atoms with Crippen molar-refractivity contribution in [2.75, 3.05) is 172 Å². The first kappa shape index (κ1) is 77.0. The monoisotopic (exact) mass is 1490 g/mol. The van der Waals surface area contributed by atoms with Crippen LogP contribution in [-0.4, -0.2) is 277 Å². The fraction of sp³-hybridized carbons (Fsp3) is 0.565. The molecule has 0 unspecified atom stereocenters. The molecule has 0 saturated carbocycles. The van der Waals surface area contributed by atoms with E-state index in [4.69, 9.17) is 14.2 Å². The maximum atomic E-state index is 13.2. The molecule has 3 aromatic carbocycles. The first-order chi connectivity index (χ1) is 47.0. The minimum atomic E-state index is -3.53. The van der Waals surface area contributed by atoms with Crippen molar-refractivity contribution >= 4 is 81.1 Å². The number of hydrogen-bond acceptors (Lipinski definition) is 24. The summed E-state index contributed by atoms with van der Waals surface area (Å²) < 4.78 is 102. The minimum Gasteiger partial charge on any atom is -0.394 e. The summed E-state index contributed by atoms with van der Waals surface area (Å²) in [5.41, 5.74) is 2.77. The van der Waals surface area contributed by atoms with Crippen molar-refractivity contribution < 1.29 is 70.1 Å². The molecular formula is C69H99N9O15S6. The number of rotatable bonds is 21. The summed E-state index contributed by atoms with van der Waals surface area (Å²) in [7, 11) is -10.6. The van der Waals surface area contributed by atoms with Crippen molar-refractivity contribution in [3.63, 3.8) is 0 Å². The predicted molar refractivity (Wildman–Crippen MR) is 387 cm³/mol. The van der Waals surface area contributed by atoms with Crippen molar-refractivity contribution in [1.29, 1.82) is 0 Å². The smallest absolute Gasteiger partial charge is 0.252 e. The lowest BCUT2D eigenvalue weighted by Gasteiger charge is -2.45. The van der Waals surface area contributed by atoms with Crippen LogP contribution in [0.25, 0.3) is 0 Å². The highest BCUT2D eigenvalue weighted by molar-refractivity contribution is 7.91. The molecule has 0 spiro atoms. The van der Waals surface area contributed by atoms with Gasteiger partial charge in [-0.25, -0.2) is 25.3 Å². The molecule has 9 heterocycles. The average Bonchev–Trinajstić information content (AvgIpc) is 1.78. The summed E-state index contributed by atoms with van der Waals surface area (Å²) >= 11 is 3.73. The Hall–Kier alpha value is -4.59. The van der Waals surface area contributed by atoms with E-state index in [2.05, 4.69) is 29.4 Å². The fourth-order valence-corrected chi connectivity index (χ4v) is 21.3. The number of hydrogen-bond donors (Lipinski definition) is 6. The summed E-state index contributed by atoms with van der Waals surface area (Å²) in [6, 6.07) is 33.7. The van der Waals surface area contributed by atoms with Crippen LogP contribution in [-0.2, 0) is 61.1 Å². The predicted octanol–water partition coefficient (Wildman–Crippen LogP) is 4.64. The molecule has 6 aliphatic rings. The Morgan fingerprint density at radius 1 is 0.374 bits per heavy atom. The third-order valence-electron chi connectivity index (χ3n) is 19.0. The lowest BCUT2D eigenvalue weighted by molar-refractivity contribution is -0.0545. The standard InChI is InChI=1S/3C23H33N3O5S2/c3*1-23(2,28)18-5-7-19(8-6-18)26-10-9-25(33(29,30)22-4-3-13-32-22)15-20(26)14-24-11-12-31-21(16-24)17-27/h3*3-8,13,20-21,27-28H,9-12,14-17H2,1-2H3/t20-,21+;2*20-,21-/m100/s1. The van der Waals surface area contributed by atoms with Gasteiger partial charge in [0, 0.05) is 135 Å². The Kier molecular flexibility index (Phi) is 26.0. The molecule has 6 atom stereocenters. The van der Waals surface area contributed by atoms with Crippen LogP contribution >= 0.6 is 34.0 Å². The van der Waals surface area contributed by atoms with E-state index in [1.54, 1.807) is 107 Å². The van der Waals surface area contributed by atoms with Gasteiger partial charge in [0.05, 0.1) is 92.9 Å². The zero-order valence-electron chi connectivity index (χ0n) is 57.4. The number of anilines is 3. The summed E-state index contributed by atoms with van der Waals surface area (Å²) in [5.74, 6) is 0. The summed E-state index contributed by atoms with van der Waals surface area (Å²) in [4.78, 5) is 13.5. The second-order valence-electron chi connectivity index (χ2n) is 27.5. The number of aliphatic hydroxyl groups is 6. The Morgan fingerprint density at radius 2 is 0.626 bits per heavy atom. The van der Waals surface area contributed by atoms with Crippen molar-refractivity contribution in [2.24, 2.45) is 0 Å². The molecule has 12 rings (SSSR count). The van der Waals surface area contributed by atoms with Crippen LogP contribution in [0.15, 0.2) is 138 Å². The summed E-state index contributed by atoms with van der Waals surface area (Å²) in [6.45, 7) is 22.3. The van der Waals surface area contributed by atoms with E-state index in [-0.39, 0.29) is 56.3 Å². The SMILES string of the molecule is CC(C)(O)c1ccc(N2CCN(S(=O)(=O)c3cccs3)C[C@@H]2CN2CCO[C@H](CO)C2)cc1.CC(C)(O)c1ccc(N2CCN(S(=O)(=O)c3cccs3)C[C@@H]2CN2CCO[C@H](CO)C2)cc1.CC(C)(O)c1ccc(N2CCN(S(=O)(=O)c3cccs3)C[C@H]2CN2CCO[C@H](CO)C2)cc1. The van der Waals surface area contributed by atoms with Crippen molar-refractivity contribution in [3.05, 3.63) is 142 Å². The molecule has 0 bridgehead atoms. The molecule has 3 aromatic heterocycles. The summed E-state index contributed by atoms with van der Waals surface area (Å²) in [6.07, 6.45) is -0.645. The molecule has 0 aliphatic carbocycles. The summed E-state index contributed by atoms with van der Waals surface area (Å²) in [5, 5.41) is 64.8. The normalized spacial score (nSPS) is 23.7. The van der Waals surface area contributed by atoms with Crippen LogP contribution in [0.2, 0.25) is 0 Å². The number of sulfonamides is 3. The van der Waals surface area contributed by atoms with E-state index < -0.39 is 46.9 Å². The highest BCUT2D eigenvalue weighted by Gasteiger charge is 2.41. The Morgan fingerprint density at radius 3 is 0.838 bits per heavy atom. The minimum absolute atomic E-state index is 0.0256. The first-order valence-corrected chi connectivity index (χ1v) is 40.7. The van der Waals surface area contributed by atoms with Gasteiger partial charge in [-0.2, -0.15) is 12.9 Å². The fourth-order valence-electron chi connectivity index (χ4n) is 13.5. The number of ether oxygens (including phenoxy) is 3. The maximum absolute atomic E-state index is 13.2. The highest BCUT2D eigenvalue weighted by atomic mass is 32.3. The zero-order chi connectivity index (χ0) is 70.9. The Balaban J connectivity index is 0.000000161. The number of benzene rings is 3. The van der Waals surface area contributed by atoms with E-state index >= 15 is 0 Å². The van der Waals surface area contributed by atoms with Gasteiger partial charge in [-0.3, -0.25) is 14.7 Å². The van der Waals surface area contributed by atoms with Gasteiger partial charge in [0.15, 0.2) is 0 Å². The number of morpholine rings is 3. The number of thiophene rings is 3. The van der Waals surface area contributed by atoms with Gasteiger partial charge in [-0.05, 0) is 129 Å². The first-order valence-electron chi connectivity index (χ1n) is 33.8. The molecule has 546 valence electrons.